The molecule has 1 fully saturated rings. The van der Waals surface area contributed by atoms with Crippen LogP contribution < -0.4 is 4.74 Å². The normalized spacial score (nSPS) is 20.6. The van der Waals surface area contributed by atoms with E-state index in [4.69, 9.17) is 16.3 Å². The summed E-state index contributed by atoms with van der Waals surface area (Å²) in [6, 6.07) is 4.28. The molecule has 102 valence electrons. The maximum atomic E-state index is 13.7. The molecule has 1 aromatic rings. The molecular weight excluding hydrogens is 291 g/mol. The second-order valence-electron chi connectivity index (χ2n) is 4.22. The Hall–Kier alpha value is -1.25. The van der Waals surface area contributed by atoms with Crippen LogP contribution in [0.2, 0.25) is 0 Å². The molecule has 0 N–H and O–H groups in total. The van der Waals surface area contributed by atoms with Crippen molar-refractivity contribution in [2.45, 2.75) is 12.5 Å². The van der Waals surface area contributed by atoms with Crippen LogP contribution in [0.5, 0.6) is 5.75 Å². The summed E-state index contributed by atoms with van der Waals surface area (Å²) in [6.45, 7) is 0. The molecule has 0 radical (unpaired) electrons. The predicted molar refractivity (Wildman–Crippen MR) is 71.7 cm³/mol. The lowest BCUT2D eigenvalue weighted by molar-refractivity contribution is 0.228. The summed E-state index contributed by atoms with van der Waals surface area (Å²) >= 11 is 5.40. The highest BCUT2D eigenvalue weighted by molar-refractivity contribution is 7.91. The van der Waals surface area contributed by atoms with Gasteiger partial charge in [-0.2, -0.15) is 0 Å². The summed E-state index contributed by atoms with van der Waals surface area (Å²) in [5.41, 5.74) is 0.243. The molecular formula is C13H12ClFO3S. The van der Waals surface area contributed by atoms with Gasteiger partial charge in [0.15, 0.2) is 9.84 Å². The Morgan fingerprint density at radius 3 is 2.84 bits per heavy atom. The van der Waals surface area contributed by atoms with Gasteiger partial charge in [0, 0.05) is 6.07 Å². The molecule has 19 heavy (non-hydrogen) atoms. The van der Waals surface area contributed by atoms with Gasteiger partial charge in [-0.25, -0.2) is 12.8 Å². The van der Waals surface area contributed by atoms with Crippen molar-refractivity contribution in [3.8, 4) is 17.6 Å². The molecule has 1 aliphatic rings. The van der Waals surface area contributed by atoms with Gasteiger partial charge in [-0.1, -0.05) is 11.8 Å². The third-order valence-corrected chi connectivity index (χ3v) is 4.59. The fraction of sp³-hybridized carbons (Fsp3) is 0.385. The summed E-state index contributed by atoms with van der Waals surface area (Å²) in [6.07, 6.45) is 0.0433. The maximum absolute atomic E-state index is 13.7. The van der Waals surface area contributed by atoms with Crippen molar-refractivity contribution >= 4 is 21.4 Å². The quantitative estimate of drug-likeness (QED) is 0.620. The molecule has 0 saturated carbocycles. The summed E-state index contributed by atoms with van der Waals surface area (Å²) in [7, 11) is -3.00. The molecule has 1 atom stereocenters. The van der Waals surface area contributed by atoms with E-state index < -0.39 is 21.8 Å². The van der Waals surface area contributed by atoms with Gasteiger partial charge in [0.2, 0.25) is 0 Å². The van der Waals surface area contributed by atoms with E-state index in [-0.39, 0.29) is 22.9 Å². The molecule has 6 heteroatoms. The van der Waals surface area contributed by atoms with Gasteiger partial charge in [-0.15, -0.1) is 11.6 Å². The third-order valence-electron chi connectivity index (χ3n) is 2.72. The van der Waals surface area contributed by atoms with E-state index in [9.17, 15) is 12.8 Å². The van der Waals surface area contributed by atoms with Gasteiger partial charge in [-0.05, 0) is 18.6 Å². The minimum atomic E-state index is -3.00. The standard InChI is InChI=1S/C13H12ClFO3S/c14-6-1-2-10-3-4-11(8-13(10)15)18-12-5-7-19(16,17)9-12/h3-4,8,12H,5-7,9H2. The van der Waals surface area contributed by atoms with E-state index in [1.807, 2.05) is 0 Å². The van der Waals surface area contributed by atoms with Crippen LogP contribution in [0.3, 0.4) is 0 Å². The van der Waals surface area contributed by atoms with Crippen molar-refractivity contribution in [3.05, 3.63) is 29.6 Å². The van der Waals surface area contributed by atoms with Crippen LogP contribution in [0.1, 0.15) is 12.0 Å². The molecule has 2 rings (SSSR count). The molecule has 1 aromatic carbocycles. The number of benzene rings is 1. The van der Waals surface area contributed by atoms with Gasteiger partial charge >= 0.3 is 0 Å². The lowest BCUT2D eigenvalue weighted by Crippen LogP contribution is -2.17. The molecule has 0 aliphatic carbocycles. The zero-order valence-electron chi connectivity index (χ0n) is 10.0. The minimum Gasteiger partial charge on any atom is -0.489 e. The third kappa shape index (κ3) is 3.85. The van der Waals surface area contributed by atoms with Crippen molar-refractivity contribution in [1.29, 1.82) is 0 Å². The smallest absolute Gasteiger partial charge is 0.154 e. The summed E-state index contributed by atoms with van der Waals surface area (Å²) in [5.74, 6) is 5.21. The summed E-state index contributed by atoms with van der Waals surface area (Å²) in [5, 5.41) is 0. The van der Waals surface area contributed by atoms with Crippen LogP contribution in [0.4, 0.5) is 4.39 Å². The Morgan fingerprint density at radius 2 is 2.26 bits per heavy atom. The SMILES string of the molecule is O=S1(=O)CCC(Oc2ccc(C#CCCl)c(F)c2)C1. The van der Waals surface area contributed by atoms with Crippen molar-refractivity contribution < 1.29 is 17.5 Å². The van der Waals surface area contributed by atoms with Gasteiger partial charge in [0.05, 0.1) is 22.9 Å². The Balaban J connectivity index is 2.09. The first kappa shape index (κ1) is 14.2. The van der Waals surface area contributed by atoms with Crippen LogP contribution in [0.25, 0.3) is 0 Å². The van der Waals surface area contributed by atoms with Gasteiger partial charge < -0.3 is 4.74 Å². The predicted octanol–water partition coefficient (Wildman–Crippen LogP) is 1.98. The van der Waals surface area contributed by atoms with Gasteiger partial charge in [0.1, 0.15) is 17.7 Å². The van der Waals surface area contributed by atoms with Gasteiger partial charge in [-0.3, -0.25) is 0 Å². The topological polar surface area (TPSA) is 43.4 Å². The van der Waals surface area contributed by atoms with E-state index in [1.165, 1.54) is 12.1 Å². The molecule has 0 amide bonds. The van der Waals surface area contributed by atoms with Crippen molar-refractivity contribution in [2.75, 3.05) is 17.4 Å². The molecule has 1 saturated heterocycles. The molecule has 0 spiro atoms. The van der Waals surface area contributed by atoms with E-state index in [1.54, 1.807) is 6.07 Å². The number of hydrogen-bond acceptors (Lipinski definition) is 3. The second kappa shape index (κ2) is 5.81. The monoisotopic (exact) mass is 302 g/mol. The maximum Gasteiger partial charge on any atom is 0.154 e. The highest BCUT2D eigenvalue weighted by Crippen LogP contribution is 2.21. The second-order valence-corrected chi connectivity index (χ2v) is 6.72. The van der Waals surface area contributed by atoms with Crippen LogP contribution in [-0.2, 0) is 9.84 Å². The number of hydrogen-bond donors (Lipinski definition) is 0. The van der Waals surface area contributed by atoms with Crippen LogP contribution in [0.15, 0.2) is 18.2 Å². The van der Waals surface area contributed by atoms with Crippen molar-refractivity contribution in [3.63, 3.8) is 0 Å². The highest BCUT2D eigenvalue weighted by atomic mass is 35.5. The van der Waals surface area contributed by atoms with E-state index in [0.717, 1.165) is 0 Å². The van der Waals surface area contributed by atoms with Crippen molar-refractivity contribution in [2.24, 2.45) is 0 Å². The van der Waals surface area contributed by atoms with E-state index >= 15 is 0 Å². The molecule has 0 aromatic heterocycles. The summed E-state index contributed by atoms with van der Waals surface area (Å²) in [4.78, 5) is 0. The molecule has 3 nitrogen and oxygen atoms in total. The van der Waals surface area contributed by atoms with Crippen LogP contribution in [-0.4, -0.2) is 31.9 Å². The molecule has 1 aliphatic heterocycles. The van der Waals surface area contributed by atoms with Gasteiger partial charge in [0.25, 0.3) is 0 Å². The number of alkyl halides is 1. The summed E-state index contributed by atoms with van der Waals surface area (Å²) < 4.78 is 41.7. The largest absolute Gasteiger partial charge is 0.489 e. The zero-order valence-corrected chi connectivity index (χ0v) is 11.6. The Kier molecular flexibility index (Phi) is 4.33. The molecule has 1 unspecified atom stereocenters. The number of ether oxygens (including phenoxy) is 1. The average Bonchev–Trinajstić information content (AvgIpc) is 2.68. The Labute approximate surface area is 116 Å². The lowest BCUT2D eigenvalue weighted by Gasteiger charge is -2.12. The Morgan fingerprint density at radius 1 is 1.47 bits per heavy atom. The molecule has 0 bridgehead atoms. The highest BCUT2D eigenvalue weighted by Gasteiger charge is 2.29. The average molecular weight is 303 g/mol. The van der Waals surface area contributed by atoms with Crippen molar-refractivity contribution in [1.82, 2.24) is 0 Å². The first-order chi connectivity index (χ1) is 9.00. The molecule has 1 heterocycles. The first-order valence-electron chi connectivity index (χ1n) is 5.71. The lowest BCUT2D eigenvalue weighted by atomic mass is 10.2. The van der Waals surface area contributed by atoms with E-state index in [0.29, 0.717) is 12.2 Å². The number of rotatable bonds is 2. The zero-order chi connectivity index (χ0) is 13.9. The van der Waals surface area contributed by atoms with Crippen LogP contribution in [0, 0.1) is 17.7 Å². The Bertz CT molecular complexity index is 631. The number of halogens is 2. The number of sulfone groups is 1. The minimum absolute atomic E-state index is 0.0115. The fourth-order valence-electron chi connectivity index (χ4n) is 1.85. The first-order valence-corrected chi connectivity index (χ1v) is 8.07. The fourth-order valence-corrected chi connectivity index (χ4v) is 3.50. The van der Waals surface area contributed by atoms with E-state index in [2.05, 4.69) is 11.8 Å². The van der Waals surface area contributed by atoms with Crippen LogP contribution >= 0.6 is 11.6 Å².